The van der Waals surface area contributed by atoms with Gasteiger partial charge in [-0.2, -0.15) is 5.26 Å². The summed E-state index contributed by atoms with van der Waals surface area (Å²) >= 11 is 0. The van der Waals surface area contributed by atoms with Gasteiger partial charge in [0.1, 0.15) is 23.4 Å². The first-order valence-electron chi connectivity index (χ1n) is 8.61. The van der Waals surface area contributed by atoms with E-state index in [9.17, 15) is 14.8 Å². The molecule has 0 fully saturated rings. The molecule has 0 atom stereocenters. The van der Waals surface area contributed by atoms with E-state index in [1.807, 2.05) is 6.07 Å². The van der Waals surface area contributed by atoms with Gasteiger partial charge in [-0.05, 0) is 81.3 Å². The molecule has 0 aliphatic heterocycles. The minimum Gasteiger partial charge on any atom is -0.456 e. The van der Waals surface area contributed by atoms with E-state index in [2.05, 4.69) is 6.07 Å². The number of aliphatic hydroxyl groups is 1. The smallest absolute Gasteiger partial charge is 0.145 e. The highest BCUT2D eigenvalue weighted by molar-refractivity contribution is 5.51. The summed E-state index contributed by atoms with van der Waals surface area (Å²) in [6.45, 7) is 3.54. The Bertz CT molecular complexity index is 831. The summed E-state index contributed by atoms with van der Waals surface area (Å²) in [6, 6.07) is 10.7. The van der Waals surface area contributed by atoms with E-state index < -0.39 is 5.60 Å². The maximum atomic E-state index is 13.9. The van der Waals surface area contributed by atoms with Gasteiger partial charge in [-0.1, -0.05) is 6.07 Å². The zero-order valence-electron chi connectivity index (χ0n) is 14.6. The van der Waals surface area contributed by atoms with Gasteiger partial charge in [-0.3, -0.25) is 0 Å². The third kappa shape index (κ3) is 4.00. The second kappa shape index (κ2) is 6.85. The number of benzene rings is 2. The molecule has 0 spiro atoms. The van der Waals surface area contributed by atoms with Gasteiger partial charge >= 0.3 is 0 Å². The minimum atomic E-state index is -0.739. The maximum absolute atomic E-state index is 13.9. The summed E-state index contributed by atoms with van der Waals surface area (Å²) in [5.74, 6) is 0.937. The molecule has 0 saturated carbocycles. The average molecular weight is 339 g/mol. The fourth-order valence-corrected chi connectivity index (χ4v) is 3.20. The summed E-state index contributed by atoms with van der Waals surface area (Å²) in [4.78, 5) is 0. The van der Waals surface area contributed by atoms with Crippen LogP contribution in [0.25, 0.3) is 0 Å². The van der Waals surface area contributed by atoms with Crippen molar-refractivity contribution in [1.82, 2.24) is 0 Å². The standard InChI is InChI=1S/C21H22FNO2/c1-21(2,24)11-10-14-6-8-19(15(12-14)13-23)25-20-9-7-18(22)16-4-3-5-17(16)20/h6-9,12,24H,3-5,10-11H2,1-2H3. The summed E-state index contributed by atoms with van der Waals surface area (Å²) < 4.78 is 19.8. The Morgan fingerprint density at radius 3 is 2.60 bits per heavy atom. The molecule has 4 heteroatoms. The molecule has 2 aromatic carbocycles. The number of hydrogen-bond donors (Lipinski definition) is 1. The molecular formula is C21H22FNO2. The fraction of sp³-hybridized carbons (Fsp3) is 0.381. The topological polar surface area (TPSA) is 53.2 Å². The van der Waals surface area contributed by atoms with E-state index in [1.165, 1.54) is 6.07 Å². The van der Waals surface area contributed by atoms with E-state index in [0.717, 1.165) is 36.0 Å². The summed E-state index contributed by atoms with van der Waals surface area (Å²) in [6.07, 6.45) is 3.76. The third-order valence-corrected chi connectivity index (χ3v) is 4.59. The zero-order chi connectivity index (χ0) is 18.0. The van der Waals surface area contributed by atoms with Gasteiger partial charge in [0.05, 0.1) is 11.2 Å². The van der Waals surface area contributed by atoms with Gasteiger partial charge in [0.2, 0.25) is 0 Å². The van der Waals surface area contributed by atoms with Crippen LogP contribution in [-0.2, 0) is 19.3 Å². The lowest BCUT2D eigenvalue weighted by Crippen LogP contribution is -2.19. The van der Waals surface area contributed by atoms with Crippen LogP contribution in [0.4, 0.5) is 4.39 Å². The highest BCUT2D eigenvalue weighted by Crippen LogP contribution is 2.36. The van der Waals surface area contributed by atoms with Crippen LogP contribution in [0, 0.1) is 17.1 Å². The Hall–Kier alpha value is -2.38. The molecule has 2 aromatic rings. The van der Waals surface area contributed by atoms with Crippen LogP contribution >= 0.6 is 0 Å². The Balaban J connectivity index is 1.84. The first-order valence-corrected chi connectivity index (χ1v) is 8.61. The van der Waals surface area contributed by atoms with Gasteiger partial charge in [-0.25, -0.2) is 4.39 Å². The van der Waals surface area contributed by atoms with Crippen LogP contribution in [0.5, 0.6) is 11.5 Å². The Morgan fingerprint density at radius 1 is 1.16 bits per heavy atom. The van der Waals surface area contributed by atoms with E-state index in [1.54, 1.807) is 32.0 Å². The molecule has 0 aromatic heterocycles. The number of ether oxygens (including phenoxy) is 1. The predicted molar refractivity (Wildman–Crippen MR) is 94.3 cm³/mol. The molecule has 3 nitrogen and oxygen atoms in total. The molecule has 0 heterocycles. The summed E-state index contributed by atoms with van der Waals surface area (Å²) in [7, 11) is 0. The monoisotopic (exact) mass is 339 g/mol. The lowest BCUT2D eigenvalue weighted by atomic mass is 9.98. The summed E-state index contributed by atoms with van der Waals surface area (Å²) in [5.41, 5.74) is 2.34. The van der Waals surface area contributed by atoms with Gasteiger partial charge in [-0.15, -0.1) is 0 Å². The van der Waals surface area contributed by atoms with Crippen molar-refractivity contribution in [3.8, 4) is 17.6 Å². The number of nitrogens with zero attached hydrogens (tertiary/aromatic N) is 1. The lowest BCUT2D eigenvalue weighted by Gasteiger charge is -2.17. The van der Waals surface area contributed by atoms with Crippen molar-refractivity contribution >= 4 is 0 Å². The summed E-state index contributed by atoms with van der Waals surface area (Å²) in [5, 5.41) is 19.3. The van der Waals surface area contributed by atoms with Crippen LogP contribution < -0.4 is 4.74 Å². The van der Waals surface area contributed by atoms with Crippen LogP contribution in [0.2, 0.25) is 0 Å². The Morgan fingerprint density at radius 2 is 1.88 bits per heavy atom. The minimum absolute atomic E-state index is 0.178. The van der Waals surface area contributed by atoms with Crippen LogP contribution in [0.15, 0.2) is 30.3 Å². The van der Waals surface area contributed by atoms with Crippen molar-refractivity contribution in [3.63, 3.8) is 0 Å². The first-order chi connectivity index (χ1) is 11.9. The Labute approximate surface area is 147 Å². The number of nitriles is 1. The number of rotatable bonds is 5. The maximum Gasteiger partial charge on any atom is 0.145 e. The van der Waals surface area contributed by atoms with Crippen molar-refractivity contribution in [1.29, 1.82) is 5.26 Å². The third-order valence-electron chi connectivity index (χ3n) is 4.59. The largest absolute Gasteiger partial charge is 0.456 e. The van der Waals surface area contributed by atoms with E-state index in [0.29, 0.717) is 29.9 Å². The second-order valence-corrected chi connectivity index (χ2v) is 7.21. The van der Waals surface area contributed by atoms with E-state index in [-0.39, 0.29) is 5.82 Å². The van der Waals surface area contributed by atoms with Gasteiger partial charge in [0, 0.05) is 5.56 Å². The molecule has 0 saturated heterocycles. The van der Waals surface area contributed by atoms with E-state index in [4.69, 9.17) is 4.74 Å². The molecule has 0 bridgehead atoms. The number of aryl methyl sites for hydroxylation is 1. The van der Waals surface area contributed by atoms with Crippen LogP contribution in [0.1, 0.15) is 48.9 Å². The number of fused-ring (bicyclic) bond motifs is 1. The zero-order valence-corrected chi connectivity index (χ0v) is 14.6. The molecule has 25 heavy (non-hydrogen) atoms. The van der Waals surface area contributed by atoms with Crippen LogP contribution in [0.3, 0.4) is 0 Å². The molecule has 0 unspecified atom stereocenters. The second-order valence-electron chi connectivity index (χ2n) is 7.21. The van der Waals surface area contributed by atoms with Gasteiger partial charge in [0.25, 0.3) is 0 Å². The molecule has 130 valence electrons. The van der Waals surface area contributed by atoms with Crippen molar-refractivity contribution in [2.75, 3.05) is 0 Å². The molecule has 1 aliphatic carbocycles. The van der Waals surface area contributed by atoms with Crippen LogP contribution in [-0.4, -0.2) is 10.7 Å². The normalized spacial score (nSPS) is 13.4. The van der Waals surface area contributed by atoms with Crippen molar-refractivity contribution in [2.45, 2.75) is 51.6 Å². The number of hydrogen-bond acceptors (Lipinski definition) is 3. The quantitative estimate of drug-likeness (QED) is 0.860. The molecule has 0 radical (unpaired) electrons. The highest BCUT2D eigenvalue weighted by Gasteiger charge is 2.21. The molecular weight excluding hydrogens is 317 g/mol. The Kier molecular flexibility index (Phi) is 4.78. The average Bonchev–Trinajstić information content (AvgIpc) is 3.06. The van der Waals surface area contributed by atoms with Crippen molar-refractivity contribution in [2.24, 2.45) is 0 Å². The molecule has 1 aliphatic rings. The fourth-order valence-electron chi connectivity index (χ4n) is 3.20. The SMILES string of the molecule is CC(C)(O)CCc1ccc(Oc2ccc(F)c3c2CCC3)c(C#N)c1. The molecule has 3 rings (SSSR count). The van der Waals surface area contributed by atoms with Gasteiger partial charge < -0.3 is 9.84 Å². The van der Waals surface area contributed by atoms with Crippen molar-refractivity contribution < 1.29 is 14.2 Å². The molecule has 1 N–H and O–H groups in total. The lowest BCUT2D eigenvalue weighted by molar-refractivity contribution is 0.0714. The van der Waals surface area contributed by atoms with Crippen molar-refractivity contribution in [3.05, 3.63) is 58.4 Å². The highest BCUT2D eigenvalue weighted by atomic mass is 19.1. The number of halogens is 1. The van der Waals surface area contributed by atoms with E-state index >= 15 is 0 Å². The van der Waals surface area contributed by atoms with Gasteiger partial charge in [0.15, 0.2) is 0 Å². The molecule has 0 amide bonds. The predicted octanol–water partition coefficient (Wildman–Crippen LogP) is 4.68. The first kappa shape index (κ1) is 17.4.